The third-order valence-electron chi connectivity index (χ3n) is 2.60. The first kappa shape index (κ1) is 12.3. The zero-order valence-electron chi connectivity index (χ0n) is 10.0. The summed E-state index contributed by atoms with van der Waals surface area (Å²) in [6.45, 7) is 1.61. The Balaban J connectivity index is 1.99. The van der Waals surface area contributed by atoms with Crippen LogP contribution in [0, 0.1) is 12.7 Å². The van der Waals surface area contributed by atoms with Crippen molar-refractivity contribution in [2.75, 3.05) is 6.61 Å². The van der Waals surface area contributed by atoms with Gasteiger partial charge in [-0.1, -0.05) is 30.3 Å². The Labute approximate surface area is 105 Å². The smallest absolute Gasteiger partial charge is 0.200 e. The van der Waals surface area contributed by atoms with E-state index >= 15 is 0 Å². The SMILES string of the molecule is Cc1cc(OCC(=O)c2ccccc2)ccc1F. The van der Waals surface area contributed by atoms with Gasteiger partial charge in [-0.15, -0.1) is 0 Å². The maximum Gasteiger partial charge on any atom is 0.200 e. The van der Waals surface area contributed by atoms with Crippen molar-refractivity contribution in [1.29, 1.82) is 0 Å². The van der Waals surface area contributed by atoms with Crippen LogP contribution in [-0.4, -0.2) is 12.4 Å². The predicted octanol–water partition coefficient (Wildman–Crippen LogP) is 3.40. The molecule has 2 rings (SSSR count). The number of carbonyl (C=O) groups excluding carboxylic acids is 1. The van der Waals surface area contributed by atoms with E-state index in [2.05, 4.69) is 0 Å². The standard InChI is InChI=1S/C15H13FO2/c1-11-9-13(7-8-14(11)16)18-10-15(17)12-5-3-2-4-6-12/h2-9H,10H2,1H3. The Morgan fingerprint density at radius 1 is 1.17 bits per heavy atom. The molecule has 2 aromatic carbocycles. The summed E-state index contributed by atoms with van der Waals surface area (Å²) in [6.07, 6.45) is 0. The molecular formula is C15H13FO2. The molecule has 0 aliphatic heterocycles. The molecule has 0 amide bonds. The van der Waals surface area contributed by atoms with Crippen LogP contribution in [0.15, 0.2) is 48.5 Å². The molecule has 18 heavy (non-hydrogen) atoms. The monoisotopic (exact) mass is 244 g/mol. The fourth-order valence-electron chi connectivity index (χ4n) is 1.56. The molecule has 0 saturated heterocycles. The molecule has 0 bridgehead atoms. The zero-order chi connectivity index (χ0) is 13.0. The minimum absolute atomic E-state index is 0.0465. The van der Waals surface area contributed by atoms with Gasteiger partial charge in [-0.2, -0.15) is 0 Å². The van der Waals surface area contributed by atoms with Crippen molar-refractivity contribution < 1.29 is 13.9 Å². The van der Waals surface area contributed by atoms with Crippen LogP contribution in [0.4, 0.5) is 4.39 Å². The number of aryl methyl sites for hydroxylation is 1. The van der Waals surface area contributed by atoms with Crippen molar-refractivity contribution in [1.82, 2.24) is 0 Å². The van der Waals surface area contributed by atoms with Crippen LogP contribution in [-0.2, 0) is 0 Å². The van der Waals surface area contributed by atoms with Gasteiger partial charge in [-0.25, -0.2) is 4.39 Å². The third-order valence-corrected chi connectivity index (χ3v) is 2.60. The fraction of sp³-hybridized carbons (Fsp3) is 0.133. The number of carbonyl (C=O) groups is 1. The number of ether oxygens (including phenoxy) is 1. The number of rotatable bonds is 4. The third kappa shape index (κ3) is 2.94. The summed E-state index contributed by atoms with van der Waals surface area (Å²) in [5.74, 6) is 0.118. The number of hydrogen-bond acceptors (Lipinski definition) is 2. The molecule has 2 aromatic rings. The van der Waals surface area contributed by atoms with Crippen LogP contribution in [0.25, 0.3) is 0 Å². The summed E-state index contributed by atoms with van der Waals surface area (Å²) in [7, 11) is 0. The van der Waals surface area contributed by atoms with Crippen molar-refractivity contribution in [2.45, 2.75) is 6.92 Å². The van der Waals surface area contributed by atoms with Crippen molar-refractivity contribution in [2.24, 2.45) is 0 Å². The molecule has 0 N–H and O–H groups in total. The highest BCUT2D eigenvalue weighted by atomic mass is 19.1. The predicted molar refractivity (Wildman–Crippen MR) is 67.4 cm³/mol. The lowest BCUT2D eigenvalue weighted by Crippen LogP contribution is -2.11. The zero-order valence-corrected chi connectivity index (χ0v) is 10.0. The highest BCUT2D eigenvalue weighted by Gasteiger charge is 2.06. The first-order chi connectivity index (χ1) is 8.66. The summed E-state index contributed by atoms with van der Waals surface area (Å²) in [6, 6.07) is 13.3. The number of ketones is 1. The molecule has 0 heterocycles. The van der Waals surface area contributed by atoms with E-state index in [-0.39, 0.29) is 18.2 Å². The van der Waals surface area contributed by atoms with Crippen molar-refractivity contribution in [3.05, 3.63) is 65.5 Å². The van der Waals surface area contributed by atoms with Gasteiger partial charge >= 0.3 is 0 Å². The topological polar surface area (TPSA) is 26.3 Å². The van der Waals surface area contributed by atoms with Crippen LogP contribution in [0.5, 0.6) is 5.75 Å². The second kappa shape index (κ2) is 5.45. The summed E-state index contributed by atoms with van der Waals surface area (Å²) in [4.78, 5) is 11.8. The molecule has 0 radical (unpaired) electrons. The van der Waals surface area contributed by atoms with Gasteiger partial charge in [0.2, 0.25) is 0 Å². The average Bonchev–Trinajstić information content (AvgIpc) is 2.41. The first-order valence-corrected chi connectivity index (χ1v) is 5.64. The van der Waals surface area contributed by atoms with Crippen LogP contribution in [0.1, 0.15) is 15.9 Å². The molecule has 0 saturated carbocycles. The van der Waals surface area contributed by atoms with Gasteiger partial charge < -0.3 is 4.74 Å². The van der Waals surface area contributed by atoms with Gasteiger partial charge in [0.05, 0.1) is 0 Å². The molecule has 0 atom stereocenters. The Kier molecular flexibility index (Phi) is 3.72. The van der Waals surface area contributed by atoms with Gasteiger partial charge in [0.15, 0.2) is 12.4 Å². The van der Waals surface area contributed by atoms with Crippen molar-refractivity contribution in [3.8, 4) is 5.75 Å². The molecule has 0 aliphatic carbocycles. The second-order valence-electron chi connectivity index (χ2n) is 3.99. The maximum absolute atomic E-state index is 13.0. The summed E-state index contributed by atoms with van der Waals surface area (Å²) >= 11 is 0. The lowest BCUT2D eigenvalue weighted by Gasteiger charge is -2.06. The number of Topliss-reactive ketones (excluding diaryl/α,β-unsaturated/α-hetero) is 1. The molecule has 0 spiro atoms. The first-order valence-electron chi connectivity index (χ1n) is 5.64. The molecular weight excluding hydrogens is 231 g/mol. The molecule has 92 valence electrons. The van der Waals surface area contributed by atoms with Gasteiger partial charge in [-0.3, -0.25) is 4.79 Å². The summed E-state index contributed by atoms with van der Waals surface area (Å²) < 4.78 is 18.4. The van der Waals surface area contributed by atoms with Crippen LogP contribution >= 0.6 is 0 Å². The van der Waals surface area contributed by atoms with Gasteiger partial charge in [-0.05, 0) is 30.7 Å². The van der Waals surface area contributed by atoms with E-state index in [0.29, 0.717) is 16.9 Å². The number of hydrogen-bond donors (Lipinski definition) is 0. The number of halogens is 1. The minimum Gasteiger partial charge on any atom is -0.485 e. The van der Waals surface area contributed by atoms with E-state index in [9.17, 15) is 9.18 Å². The van der Waals surface area contributed by atoms with E-state index < -0.39 is 0 Å². The molecule has 0 fully saturated rings. The second-order valence-corrected chi connectivity index (χ2v) is 3.99. The fourth-order valence-corrected chi connectivity index (χ4v) is 1.56. The van der Waals surface area contributed by atoms with Crippen LogP contribution in [0.2, 0.25) is 0 Å². The van der Waals surface area contributed by atoms with Crippen LogP contribution in [0.3, 0.4) is 0 Å². The summed E-state index contributed by atoms with van der Waals surface area (Å²) in [5.41, 5.74) is 1.11. The van der Waals surface area contributed by atoms with Crippen LogP contribution < -0.4 is 4.74 Å². The van der Waals surface area contributed by atoms with E-state index in [0.717, 1.165) is 0 Å². The lowest BCUT2D eigenvalue weighted by atomic mass is 10.1. The largest absolute Gasteiger partial charge is 0.485 e. The molecule has 0 unspecified atom stereocenters. The molecule has 0 aliphatic rings. The maximum atomic E-state index is 13.0. The van der Waals surface area contributed by atoms with E-state index in [1.54, 1.807) is 37.3 Å². The van der Waals surface area contributed by atoms with E-state index in [1.807, 2.05) is 6.07 Å². The molecule has 0 aromatic heterocycles. The minimum atomic E-state index is -0.281. The number of benzene rings is 2. The van der Waals surface area contributed by atoms with Crippen molar-refractivity contribution >= 4 is 5.78 Å². The summed E-state index contributed by atoms with van der Waals surface area (Å²) in [5, 5.41) is 0. The normalized spacial score (nSPS) is 10.1. The quantitative estimate of drug-likeness (QED) is 0.770. The molecule has 3 heteroatoms. The van der Waals surface area contributed by atoms with Crippen molar-refractivity contribution in [3.63, 3.8) is 0 Å². The lowest BCUT2D eigenvalue weighted by molar-refractivity contribution is 0.0921. The highest BCUT2D eigenvalue weighted by molar-refractivity contribution is 5.97. The van der Waals surface area contributed by atoms with Gasteiger partial charge in [0, 0.05) is 5.56 Å². The van der Waals surface area contributed by atoms with Gasteiger partial charge in [0.25, 0.3) is 0 Å². The average molecular weight is 244 g/mol. The highest BCUT2D eigenvalue weighted by Crippen LogP contribution is 2.16. The van der Waals surface area contributed by atoms with Gasteiger partial charge in [0.1, 0.15) is 11.6 Å². The van der Waals surface area contributed by atoms with E-state index in [4.69, 9.17) is 4.74 Å². The Hall–Kier alpha value is -2.16. The Bertz CT molecular complexity index is 550. The Morgan fingerprint density at radius 3 is 2.56 bits per heavy atom. The van der Waals surface area contributed by atoms with E-state index in [1.165, 1.54) is 12.1 Å². The molecule has 2 nitrogen and oxygen atoms in total. The Morgan fingerprint density at radius 2 is 1.89 bits per heavy atom.